The van der Waals surface area contributed by atoms with Gasteiger partial charge in [0.25, 0.3) is 6.43 Å². The molecule has 0 atom stereocenters. The second-order valence-corrected chi connectivity index (χ2v) is 5.51. The van der Waals surface area contributed by atoms with Crippen LogP contribution in [0.5, 0.6) is 0 Å². The first-order valence-corrected chi connectivity index (χ1v) is 6.61. The number of pyridine rings is 1. The van der Waals surface area contributed by atoms with Crippen molar-refractivity contribution in [1.82, 2.24) is 19.6 Å². The first-order chi connectivity index (χ1) is 9.06. The van der Waals surface area contributed by atoms with Crippen LogP contribution in [0.15, 0.2) is 22.9 Å². The molecule has 3 heterocycles. The van der Waals surface area contributed by atoms with Gasteiger partial charge in [0, 0.05) is 10.7 Å². The number of alkyl halides is 2. The Morgan fingerprint density at radius 1 is 1.32 bits per heavy atom. The highest BCUT2D eigenvalue weighted by molar-refractivity contribution is 9.10. The standard InChI is InChI=1S/C10H4BrF3N4S/c11-4-1-5(12)8-15-2-6(18(8)3-4)9-16-17-10(19-9)7(13)14/h1-3,7H. The predicted octanol–water partition coefficient (Wildman–Crippen LogP) is 3.69. The molecule has 3 aromatic heterocycles. The van der Waals surface area contributed by atoms with Crippen LogP contribution in [0.3, 0.4) is 0 Å². The van der Waals surface area contributed by atoms with E-state index in [2.05, 4.69) is 31.1 Å². The first kappa shape index (κ1) is 12.5. The van der Waals surface area contributed by atoms with Gasteiger partial charge in [0.2, 0.25) is 0 Å². The summed E-state index contributed by atoms with van der Waals surface area (Å²) in [6, 6.07) is 1.27. The maximum absolute atomic E-state index is 13.6. The van der Waals surface area contributed by atoms with E-state index in [0.717, 1.165) is 11.3 Å². The molecule has 0 radical (unpaired) electrons. The molecule has 0 aliphatic rings. The van der Waals surface area contributed by atoms with E-state index in [1.54, 1.807) is 6.20 Å². The molecule has 0 saturated heterocycles. The average molecular weight is 349 g/mol. The van der Waals surface area contributed by atoms with Crippen LogP contribution in [-0.4, -0.2) is 19.6 Å². The van der Waals surface area contributed by atoms with E-state index in [4.69, 9.17) is 0 Å². The van der Waals surface area contributed by atoms with Gasteiger partial charge in [0.1, 0.15) is 5.69 Å². The Labute approximate surface area is 117 Å². The Morgan fingerprint density at radius 2 is 2.11 bits per heavy atom. The monoisotopic (exact) mass is 348 g/mol. The summed E-state index contributed by atoms with van der Waals surface area (Å²) in [4.78, 5) is 3.91. The third-order valence-electron chi connectivity index (χ3n) is 2.37. The minimum atomic E-state index is -2.67. The van der Waals surface area contributed by atoms with Crippen LogP contribution in [0, 0.1) is 5.82 Å². The zero-order valence-electron chi connectivity index (χ0n) is 9.02. The highest BCUT2D eigenvalue weighted by Gasteiger charge is 2.18. The van der Waals surface area contributed by atoms with Crippen molar-refractivity contribution in [2.75, 3.05) is 0 Å². The Bertz CT molecular complexity index is 754. The van der Waals surface area contributed by atoms with Crippen LogP contribution < -0.4 is 0 Å². The SMILES string of the molecule is Fc1cc(Br)cn2c(-c3nnc(C(F)F)s3)cnc12. The number of imidazole rings is 1. The number of hydrogen-bond acceptors (Lipinski definition) is 4. The van der Waals surface area contributed by atoms with Crippen molar-refractivity contribution >= 4 is 32.9 Å². The summed E-state index contributed by atoms with van der Waals surface area (Å²) in [5, 5.41) is 6.96. The van der Waals surface area contributed by atoms with Crippen LogP contribution in [0.2, 0.25) is 0 Å². The van der Waals surface area contributed by atoms with Gasteiger partial charge in [-0.15, -0.1) is 10.2 Å². The maximum Gasteiger partial charge on any atom is 0.291 e. The lowest BCUT2D eigenvalue weighted by molar-refractivity contribution is 0.150. The lowest BCUT2D eigenvalue weighted by Gasteiger charge is -1.99. The first-order valence-electron chi connectivity index (χ1n) is 5.00. The molecule has 0 fully saturated rings. The zero-order valence-corrected chi connectivity index (χ0v) is 11.4. The summed E-state index contributed by atoms with van der Waals surface area (Å²) < 4.78 is 40.6. The lowest BCUT2D eigenvalue weighted by Crippen LogP contribution is -1.91. The van der Waals surface area contributed by atoms with Crippen LogP contribution in [0.25, 0.3) is 16.3 Å². The summed E-state index contributed by atoms with van der Waals surface area (Å²) in [5.41, 5.74) is 0.520. The highest BCUT2D eigenvalue weighted by atomic mass is 79.9. The molecule has 0 aromatic carbocycles. The molecule has 19 heavy (non-hydrogen) atoms. The molecule has 4 nitrogen and oxygen atoms in total. The van der Waals surface area contributed by atoms with Crippen molar-refractivity contribution in [3.8, 4) is 10.7 Å². The number of hydrogen-bond donors (Lipinski definition) is 0. The predicted molar refractivity (Wildman–Crippen MR) is 66.7 cm³/mol. The van der Waals surface area contributed by atoms with Gasteiger partial charge in [-0.3, -0.25) is 4.40 Å². The highest BCUT2D eigenvalue weighted by Crippen LogP contribution is 2.30. The van der Waals surface area contributed by atoms with Crippen molar-refractivity contribution in [2.24, 2.45) is 0 Å². The fraction of sp³-hybridized carbons (Fsp3) is 0.100. The quantitative estimate of drug-likeness (QED) is 0.709. The molecule has 0 N–H and O–H groups in total. The van der Waals surface area contributed by atoms with Gasteiger partial charge in [-0.2, -0.15) is 0 Å². The van der Waals surface area contributed by atoms with Gasteiger partial charge >= 0.3 is 0 Å². The molecule has 0 aliphatic carbocycles. The summed E-state index contributed by atoms with van der Waals surface area (Å²) in [5.74, 6) is -0.515. The minimum Gasteiger partial charge on any atom is -0.294 e. The molecular formula is C10H4BrF3N4S. The fourth-order valence-electron chi connectivity index (χ4n) is 1.60. The second kappa shape index (κ2) is 4.57. The molecule has 9 heteroatoms. The van der Waals surface area contributed by atoms with Gasteiger partial charge in [0.05, 0.1) is 6.20 Å². The third kappa shape index (κ3) is 2.12. The van der Waals surface area contributed by atoms with Crippen LogP contribution in [0.1, 0.15) is 11.4 Å². The average Bonchev–Trinajstić information content (AvgIpc) is 2.93. The van der Waals surface area contributed by atoms with E-state index in [-0.39, 0.29) is 15.7 Å². The molecule has 0 bridgehead atoms. The van der Waals surface area contributed by atoms with E-state index < -0.39 is 12.2 Å². The van der Waals surface area contributed by atoms with Gasteiger partial charge in [-0.1, -0.05) is 11.3 Å². The topological polar surface area (TPSA) is 43.1 Å². The van der Waals surface area contributed by atoms with Crippen molar-refractivity contribution in [3.63, 3.8) is 0 Å². The van der Waals surface area contributed by atoms with E-state index in [1.165, 1.54) is 16.7 Å². The van der Waals surface area contributed by atoms with Crippen molar-refractivity contribution < 1.29 is 13.2 Å². The molecule has 3 aromatic rings. The third-order valence-corrected chi connectivity index (χ3v) is 3.76. The second-order valence-electron chi connectivity index (χ2n) is 3.59. The lowest BCUT2D eigenvalue weighted by atomic mass is 10.4. The van der Waals surface area contributed by atoms with Gasteiger partial charge in [-0.05, 0) is 22.0 Å². The fourth-order valence-corrected chi connectivity index (χ4v) is 2.71. The molecule has 3 rings (SSSR count). The molecule has 0 amide bonds. The van der Waals surface area contributed by atoms with Gasteiger partial charge in [0.15, 0.2) is 21.5 Å². The maximum atomic E-state index is 13.6. The van der Waals surface area contributed by atoms with Crippen molar-refractivity contribution in [3.05, 3.63) is 33.8 Å². The number of fused-ring (bicyclic) bond motifs is 1. The van der Waals surface area contributed by atoms with Gasteiger partial charge < -0.3 is 0 Å². The normalized spacial score (nSPS) is 11.6. The molecule has 0 unspecified atom stereocenters. The largest absolute Gasteiger partial charge is 0.294 e. The molecule has 0 spiro atoms. The smallest absolute Gasteiger partial charge is 0.291 e. The van der Waals surface area contributed by atoms with Crippen LogP contribution in [0.4, 0.5) is 13.2 Å². The van der Waals surface area contributed by atoms with Crippen molar-refractivity contribution in [1.29, 1.82) is 0 Å². The molecular weight excluding hydrogens is 345 g/mol. The number of aromatic nitrogens is 4. The number of halogens is 4. The summed E-state index contributed by atoms with van der Waals surface area (Å²) in [6.07, 6.45) is 0.291. The van der Waals surface area contributed by atoms with Gasteiger partial charge in [-0.25, -0.2) is 18.2 Å². The van der Waals surface area contributed by atoms with Crippen molar-refractivity contribution in [2.45, 2.75) is 6.43 Å². The van der Waals surface area contributed by atoms with E-state index in [1.807, 2.05) is 0 Å². The minimum absolute atomic E-state index is 0.104. The Balaban J connectivity index is 2.19. The summed E-state index contributed by atoms with van der Waals surface area (Å²) in [6.45, 7) is 0. The van der Waals surface area contributed by atoms with Crippen LogP contribution in [-0.2, 0) is 0 Å². The summed E-state index contributed by atoms with van der Waals surface area (Å²) in [7, 11) is 0. The molecule has 98 valence electrons. The van der Waals surface area contributed by atoms with Crippen LogP contribution >= 0.6 is 27.3 Å². The number of nitrogens with zero attached hydrogens (tertiary/aromatic N) is 4. The van der Waals surface area contributed by atoms with E-state index in [0.29, 0.717) is 10.2 Å². The summed E-state index contributed by atoms with van der Waals surface area (Å²) >= 11 is 3.92. The number of rotatable bonds is 2. The zero-order chi connectivity index (χ0) is 13.6. The Morgan fingerprint density at radius 3 is 2.79 bits per heavy atom. The molecule has 0 saturated carbocycles. The molecule has 0 aliphatic heterocycles. The Kier molecular flexibility index (Phi) is 3.02. The Hall–Kier alpha value is -1.48. The van der Waals surface area contributed by atoms with E-state index in [9.17, 15) is 13.2 Å². The van der Waals surface area contributed by atoms with E-state index >= 15 is 0 Å².